The number of rotatable bonds is 4. The normalized spacial score (nSPS) is 15.3. The molecule has 1 amide bonds. The minimum atomic E-state index is 0.0975. The fourth-order valence-electron chi connectivity index (χ4n) is 1.82. The van der Waals surface area contributed by atoms with Gasteiger partial charge in [0.05, 0.1) is 0 Å². The lowest BCUT2D eigenvalue weighted by Gasteiger charge is -2.03. The largest absolute Gasteiger partial charge is 0.349 e. The summed E-state index contributed by atoms with van der Waals surface area (Å²) < 4.78 is 0. The Balaban J connectivity index is 1.84. The number of carbonyl (C=O) groups excluding carboxylic acids is 1. The molecule has 0 radical (unpaired) electrons. The van der Waals surface area contributed by atoms with E-state index in [0.29, 0.717) is 0 Å². The van der Waals surface area contributed by atoms with E-state index < -0.39 is 0 Å². The molecule has 1 N–H and O–H groups in total. The highest BCUT2D eigenvalue weighted by Crippen LogP contribution is 2.22. The maximum atomic E-state index is 11.3. The third kappa shape index (κ3) is 3.13. The van der Waals surface area contributed by atoms with E-state index in [2.05, 4.69) is 36.5 Å². The summed E-state index contributed by atoms with van der Waals surface area (Å²) in [5, 5.41) is 2.85. The summed E-state index contributed by atoms with van der Waals surface area (Å²) in [6.45, 7) is 4.74. The topological polar surface area (TPSA) is 29.1 Å². The van der Waals surface area contributed by atoms with Gasteiger partial charge in [0.2, 0.25) is 5.91 Å². The Bertz CT molecular complexity index is 448. The second-order valence-corrected chi connectivity index (χ2v) is 5.49. The first kappa shape index (κ1) is 12.2. The van der Waals surface area contributed by atoms with E-state index in [1.165, 1.54) is 16.0 Å². The molecule has 0 saturated heterocycles. The van der Waals surface area contributed by atoms with Crippen molar-refractivity contribution in [1.29, 1.82) is 0 Å². The number of benzene rings is 1. The third-order valence-corrected chi connectivity index (χ3v) is 4.04. The average molecular weight is 247 g/mol. The molecular weight excluding hydrogens is 230 g/mol. The van der Waals surface area contributed by atoms with Gasteiger partial charge in [0, 0.05) is 22.8 Å². The van der Waals surface area contributed by atoms with E-state index in [9.17, 15) is 4.79 Å². The van der Waals surface area contributed by atoms with E-state index in [-0.39, 0.29) is 5.91 Å². The highest BCUT2D eigenvalue weighted by molar-refractivity contribution is 7.99. The highest BCUT2D eigenvalue weighted by atomic mass is 32.2. The summed E-state index contributed by atoms with van der Waals surface area (Å²) in [5.41, 5.74) is 3.46. The molecule has 2 rings (SSSR count). The molecule has 0 bridgehead atoms. The number of carbonyl (C=O) groups is 1. The van der Waals surface area contributed by atoms with E-state index in [1.807, 2.05) is 18.7 Å². The van der Waals surface area contributed by atoms with Gasteiger partial charge in [-0.25, -0.2) is 0 Å². The summed E-state index contributed by atoms with van der Waals surface area (Å²) in [6.07, 6.45) is 0.989. The molecule has 0 aliphatic carbocycles. The molecule has 17 heavy (non-hydrogen) atoms. The molecule has 0 atom stereocenters. The summed E-state index contributed by atoms with van der Waals surface area (Å²) in [5.74, 6) is 1.13. The average Bonchev–Trinajstić information content (AvgIpc) is 2.64. The van der Waals surface area contributed by atoms with E-state index in [0.717, 1.165) is 24.3 Å². The van der Waals surface area contributed by atoms with Crippen molar-refractivity contribution in [3.05, 3.63) is 41.0 Å². The molecule has 1 aromatic carbocycles. The summed E-state index contributed by atoms with van der Waals surface area (Å²) in [4.78, 5) is 12.6. The fourth-order valence-corrected chi connectivity index (χ4v) is 2.73. The van der Waals surface area contributed by atoms with Gasteiger partial charge in [-0.15, -0.1) is 11.8 Å². The Hall–Kier alpha value is -1.22. The molecule has 0 fully saturated rings. The summed E-state index contributed by atoms with van der Waals surface area (Å²) in [6, 6.07) is 8.57. The van der Waals surface area contributed by atoms with Crippen molar-refractivity contribution in [2.75, 3.05) is 12.3 Å². The maximum absolute atomic E-state index is 11.3. The van der Waals surface area contributed by atoms with Crippen molar-refractivity contribution in [3.8, 4) is 0 Å². The Morgan fingerprint density at radius 1 is 1.24 bits per heavy atom. The maximum Gasteiger partial charge on any atom is 0.247 e. The van der Waals surface area contributed by atoms with Crippen molar-refractivity contribution >= 4 is 17.7 Å². The van der Waals surface area contributed by atoms with Crippen LogP contribution in [0, 0.1) is 6.92 Å². The number of hydrogen-bond acceptors (Lipinski definition) is 2. The predicted octanol–water partition coefficient (Wildman–Crippen LogP) is 2.92. The zero-order valence-corrected chi connectivity index (χ0v) is 11.1. The number of amides is 1. The molecule has 1 aliphatic rings. The van der Waals surface area contributed by atoms with E-state index in [4.69, 9.17) is 0 Å². The van der Waals surface area contributed by atoms with Crippen LogP contribution in [0.1, 0.15) is 18.9 Å². The predicted molar refractivity (Wildman–Crippen MR) is 72.2 cm³/mol. The Kier molecular flexibility index (Phi) is 3.89. The van der Waals surface area contributed by atoms with Crippen LogP contribution in [-0.4, -0.2) is 18.2 Å². The van der Waals surface area contributed by atoms with Gasteiger partial charge in [-0.1, -0.05) is 17.7 Å². The third-order valence-electron chi connectivity index (χ3n) is 3.03. The van der Waals surface area contributed by atoms with Crippen LogP contribution in [0.15, 0.2) is 40.3 Å². The Labute approximate surface area is 106 Å². The van der Waals surface area contributed by atoms with Crippen molar-refractivity contribution < 1.29 is 4.79 Å². The van der Waals surface area contributed by atoms with Crippen molar-refractivity contribution in [2.24, 2.45) is 0 Å². The molecule has 0 saturated carbocycles. The molecule has 90 valence electrons. The van der Waals surface area contributed by atoms with Gasteiger partial charge in [0.25, 0.3) is 0 Å². The standard InChI is InChI=1S/C14H17NOS/c1-10-3-5-13(6-4-10)17-8-7-12-9-15-14(16)11(12)2/h3-6H,7-9H2,1-2H3,(H,15,16). The molecule has 3 heteroatoms. The first-order chi connectivity index (χ1) is 8.16. The van der Waals surface area contributed by atoms with Crippen LogP contribution in [0.4, 0.5) is 0 Å². The number of hydrogen-bond donors (Lipinski definition) is 1. The zero-order chi connectivity index (χ0) is 12.3. The quantitative estimate of drug-likeness (QED) is 0.829. The lowest BCUT2D eigenvalue weighted by molar-refractivity contribution is -0.116. The number of aryl methyl sites for hydroxylation is 1. The Morgan fingerprint density at radius 3 is 2.53 bits per heavy atom. The molecule has 0 spiro atoms. The first-order valence-corrected chi connectivity index (χ1v) is 6.81. The van der Waals surface area contributed by atoms with Crippen LogP contribution in [0.3, 0.4) is 0 Å². The van der Waals surface area contributed by atoms with Crippen LogP contribution >= 0.6 is 11.8 Å². The van der Waals surface area contributed by atoms with Gasteiger partial charge in [0.15, 0.2) is 0 Å². The van der Waals surface area contributed by atoms with Gasteiger partial charge in [-0.3, -0.25) is 4.79 Å². The highest BCUT2D eigenvalue weighted by Gasteiger charge is 2.17. The summed E-state index contributed by atoms with van der Waals surface area (Å²) >= 11 is 1.85. The molecular formula is C14H17NOS. The van der Waals surface area contributed by atoms with Crippen LogP contribution in [-0.2, 0) is 4.79 Å². The van der Waals surface area contributed by atoms with Gasteiger partial charge in [0.1, 0.15) is 0 Å². The Morgan fingerprint density at radius 2 is 1.94 bits per heavy atom. The van der Waals surface area contributed by atoms with Gasteiger partial charge >= 0.3 is 0 Å². The van der Waals surface area contributed by atoms with Gasteiger partial charge < -0.3 is 5.32 Å². The van der Waals surface area contributed by atoms with Gasteiger partial charge in [-0.05, 0) is 38.0 Å². The first-order valence-electron chi connectivity index (χ1n) is 5.83. The van der Waals surface area contributed by atoms with E-state index in [1.54, 1.807) is 0 Å². The van der Waals surface area contributed by atoms with Crippen LogP contribution < -0.4 is 5.32 Å². The minimum Gasteiger partial charge on any atom is -0.349 e. The number of thioether (sulfide) groups is 1. The lowest BCUT2D eigenvalue weighted by atomic mass is 10.1. The monoisotopic (exact) mass is 247 g/mol. The zero-order valence-electron chi connectivity index (χ0n) is 10.2. The molecule has 1 aromatic rings. The molecule has 1 aliphatic heterocycles. The number of nitrogens with one attached hydrogen (secondary N) is 1. The molecule has 1 heterocycles. The van der Waals surface area contributed by atoms with E-state index >= 15 is 0 Å². The smallest absolute Gasteiger partial charge is 0.247 e. The minimum absolute atomic E-state index is 0.0975. The van der Waals surface area contributed by atoms with Gasteiger partial charge in [-0.2, -0.15) is 0 Å². The second kappa shape index (κ2) is 5.41. The summed E-state index contributed by atoms with van der Waals surface area (Å²) in [7, 11) is 0. The molecule has 0 unspecified atom stereocenters. The lowest BCUT2D eigenvalue weighted by Crippen LogP contribution is -2.16. The van der Waals surface area contributed by atoms with Crippen LogP contribution in [0.25, 0.3) is 0 Å². The molecule has 0 aromatic heterocycles. The van der Waals surface area contributed by atoms with Crippen molar-refractivity contribution in [3.63, 3.8) is 0 Å². The van der Waals surface area contributed by atoms with Crippen molar-refractivity contribution in [1.82, 2.24) is 5.32 Å². The molecule has 2 nitrogen and oxygen atoms in total. The second-order valence-electron chi connectivity index (χ2n) is 4.32. The van der Waals surface area contributed by atoms with Crippen LogP contribution in [0.2, 0.25) is 0 Å². The fraction of sp³-hybridized carbons (Fsp3) is 0.357. The SMILES string of the molecule is CC1=C(CCSc2ccc(C)cc2)CNC1=O. The van der Waals surface area contributed by atoms with Crippen LogP contribution in [0.5, 0.6) is 0 Å². The van der Waals surface area contributed by atoms with Crippen molar-refractivity contribution in [2.45, 2.75) is 25.2 Å².